The Morgan fingerprint density at radius 2 is 1.62 bits per heavy atom. The Labute approximate surface area is 233 Å². The Hall–Kier alpha value is -2.84. The van der Waals surface area contributed by atoms with Crippen LogP contribution in [-0.2, 0) is 20.2 Å². The van der Waals surface area contributed by atoms with Gasteiger partial charge in [-0.05, 0) is 66.6 Å². The molecule has 0 spiro atoms. The fourth-order valence-electron chi connectivity index (χ4n) is 5.36. The van der Waals surface area contributed by atoms with Gasteiger partial charge in [0.15, 0.2) is 5.82 Å². The molecule has 0 aliphatic carbocycles. The number of benzene rings is 2. The summed E-state index contributed by atoms with van der Waals surface area (Å²) in [4.78, 5) is 11.7. The summed E-state index contributed by atoms with van der Waals surface area (Å²) in [7, 11) is 3.22. The summed E-state index contributed by atoms with van der Waals surface area (Å²) in [5, 5.41) is 1.22. The van der Waals surface area contributed by atoms with Crippen molar-refractivity contribution in [2.75, 3.05) is 52.6 Å². The lowest BCUT2D eigenvalue weighted by Crippen LogP contribution is -2.35. The fraction of sp³-hybridized carbons (Fsp3) is 0.429. The quantitative estimate of drug-likeness (QED) is 0.159. The monoisotopic (exact) mass is 572 g/mol. The van der Waals surface area contributed by atoms with Crippen LogP contribution in [0.5, 0.6) is 11.5 Å². The second-order valence-corrected chi connectivity index (χ2v) is 12.5. The van der Waals surface area contributed by atoms with Gasteiger partial charge in [-0.15, -0.1) is 0 Å². The number of nitrogens with zero attached hydrogens (tertiary/aromatic N) is 4. The standard InChI is InChI=1S/C28H34ClN4O5P/c1-35-21-7-5-20(6-8-21)18-33-24-17-22(36-2)9-10-23(24)25-26(33)27(31-28(29)30-25)32-14-11-19(12-15-32)13-16-39(34,37-3)38-4/h5-10,17,19H,11-16,18H2,1-4H3. The van der Waals surface area contributed by atoms with E-state index in [0.717, 1.165) is 77.2 Å². The highest BCUT2D eigenvalue weighted by molar-refractivity contribution is 7.53. The van der Waals surface area contributed by atoms with E-state index in [0.29, 0.717) is 18.6 Å². The van der Waals surface area contributed by atoms with Crippen molar-refractivity contribution in [3.8, 4) is 11.5 Å². The lowest BCUT2D eigenvalue weighted by atomic mass is 9.94. The molecule has 5 rings (SSSR count). The Morgan fingerprint density at radius 1 is 0.949 bits per heavy atom. The van der Waals surface area contributed by atoms with Gasteiger partial charge in [-0.2, -0.15) is 4.98 Å². The minimum absolute atomic E-state index is 0.222. The lowest BCUT2D eigenvalue weighted by molar-refractivity contribution is 0.270. The van der Waals surface area contributed by atoms with Crippen LogP contribution in [0.3, 0.4) is 0 Å². The number of anilines is 1. The van der Waals surface area contributed by atoms with E-state index in [1.165, 1.54) is 14.2 Å². The molecular weight excluding hydrogens is 539 g/mol. The molecule has 2 aromatic carbocycles. The van der Waals surface area contributed by atoms with Gasteiger partial charge in [0.25, 0.3) is 0 Å². The molecule has 1 fully saturated rings. The maximum Gasteiger partial charge on any atom is 0.330 e. The molecule has 3 heterocycles. The highest BCUT2D eigenvalue weighted by atomic mass is 35.5. The predicted molar refractivity (Wildman–Crippen MR) is 155 cm³/mol. The lowest BCUT2D eigenvalue weighted by Gasteiger charge is -2.33. The first-order valence-corrected chi connectivity index (χ1v) is 15.1. The average molecular weight is 573 g/mol. The molecule has 0 atom stereocenters. The number of piperidine rings is 1. The molecule has 11 heteroatoms. The number of ether oxygens (including phenoxy) is 2. The molecule has 208 valence electrons. The van der Waals surface area contributed by atoms with E-state index in [4.69, 9.17) is 35.1 Å². The van der Waals surface area contributed by atoms with Gasteiger partial charge in [0.2, 0.25) is 5.28 Å². The number of fused-ring (bicyclic) bond motifs is 3. The molecule has 1 aliphatic rings. The van der Waals surface area contributed by atoms with Gasteiger partial charge < -0.3 is 28.0 Å². The maximum atomic E-state index is 12.5. The molecule has 9 nitrogen and oxygen atoms in total. The summed E-state index contributed by atoms with van der Waals surface area (Å²) in [6, 6.07) is 14.1. The first-order valence-electron chi connectivity index (χ1n) is 13.0. The number of methoxy groups -OCH3 is 2. The van der Waals surface area contributed by atoms with E-state index >= 15 is 0 Å². The summed E-state index contributed by atoms with van der Waals surface area (Å²) >= 11 is 6.51. The zero-order chi connectivity index (χ0) is 27.6. The van der Waals surface area contributed by atoms with Crippen molar-refractivity contribution >= 4 is 47.0 Å². The number of aromatic nitrogens is 3. The number of hydrogen-bond acceptors (Lipinski definition) is 8. The topological polar surface area (TPSA) is 87.9 Å². The molecule has 0 amide bonds. The van der Waals surface area contributed by atoms with E-state index in [1.54, 1.807) is 14.2 Å². The van der Waals surface area contributed by atoms with Gasteiger partial charge in [0.1, 0.15) is 22.5 Å². The first kappa shape index (κ1) is 27.7. The number of hydrogen-bond donors (Lipinski definition) is 0. The van der Waals surface area contributed by atoms with Gasteiger partial charge in [-0.3, -0.25) is 4.57 Å². The summed E-state index contributed by atoms with van der Waals surface area (Å²) in [5.41, 5.74) is 3.89. The van der Waals surface area contributed by atoms with Crippen LogP contribution in [0.15, 0.2) is 42.5 Å². The van der Waals surface area contributed by atoms with Crippen LogP contribution in [-0.4, -0.2) is 62.2 Å². The zero-order valence-electron chi connectivity index (χ0n) is 22.7. The highest BCUT2D eigenvalue weighted by Gasteiger charge is 2.28. The third-order valence-electron chi connectivity index (χ3n) is 7.64. The molecule has 0 saturated carbocycles. The Bertz CT molecular complexity index is 1490. The van der Waals surface area contributed by atoms with Gasteiger partial charge >= 0.3 is 7.60 Å². The van der Waals surface area contributed by atoms with Crippen molar-refractivity contribution in [2.24, 2.45) is 5.92 Å². The van der Waals surface area contributed by atoms with Gasteiger partial charge in [0.05, 0.1) is 25.9 Å². The smallest absolute Gasteiger partial charge is 0.330 e. The van der Waals surface area contributed by atoms with Gasteiger partial charge in [0, 0.05) is 45.3 Å². The van der Waals surface area contributed by atoms with E-state index in [9.17, 15) is 4.57 Å². The van der Waals surface area contributed by atoms with E-state index in [-0.39, 0.29) is 5.28 Å². The third kappa shape index (κ3) is 5.73. The van der Waals surface area contributed by atoms with Crippen LogP contribution >= 0.6 is 19.2 Å². The molecule has 39 heavy (non-hydrogen) atoms. The Balaban J connectivity index is 1.51. The van der Waals surface area contributed by atoms with Crippen molar-refractivity contribution in [2.45, 2.75) is 25.8 Å². The average Bonchev–Trinajstić information content (AvgIpc) is 3.28. The van der Waals surface area contributed by atoms with Crippen molar-refractivity contribution in [1.29, 1.82) is 0 Å². The Kier molecular flexibility index (Phi) is 8.33. The summed E-state index contributed by atoms with van der Waals surface area (Å²) in [5.74, 6) is 2.84. The van der Waals surface area contributed by atoms with E-state index in [2.05, 4.69) is 26.6 Å². The molecule has 4 aromatic rings. The largest absolute Gasteiger partial charge is 0.497 e. The zero-order valence-corrected chi connectivity index (χ0v) is 24.4. The summed E-state index contributed by atoms with van der Waals surface area (Å²) in [6.07, 6.45) is 3.11. The third-order valence-corrected chi connectivity index (χ3v) is 9.73. The fourth-order valence-corrected chi connectivity index (χ4v) is 6.72. The van der Waals surface area contributed by atoms with Crippen molar-refractivity contribution in [1.82, 2.24) is 14.5 Å². The van der Waals surface area contributed by atoms with Gasteiger partial charge in [-0.25, -0.2) is 4.98 Å². The molecule has 0 bridgehead atoms. The minimum Gasteiger partial charge on any atom is -0.497 e. The van der Waals surface area contributed by atoms with Crippen molar-refractivity contribution in [3.63, 3.8) is 0 Å². The van der Waals surface area contributed by atoms with Crippen LogP contribution in [0, 0.1) is 5.92 Å². The van der Waals surface area contributed by atoms with Crippen LogP contribution in [0.25, 0.3) is 21.9 Å². The normalized spacial score (nSPS) is 14.8. The van der Waals surface area contributed by atoms with Gasteiger partial charge in [-0.1, -0.05) is 12.1 Å². The molecule has 0 radical (unpaired) electrons. The van der Waals surface area contributed by atoms with Crippen LogP contribution < -0.4 is 14.4 Å². The minimum atomic E-state index is -3.00. The summed E-state index contributed by atoms with van der Waals surface area (Å²) in [6.45, 7) is 2.24. The molecule has 0 N–H and O–H groups in total. The SMILES string of the molecule is COc1ccc(Cn2c3cc(OC)ccc3c3nc(Cl)nc(N4CCC(CCP(=O)(OC)OC)CC4)c32)cc1. The van der Waals surface area contributed by atoms with Crippen molar-refractivity contribution in [3.05, 3.63) is 53.3 Å². The van der Waals surface area contributed by atoms with Crippen LogP contribution in [0.2, 0.25) is 5.28 Å². The molecular formula is C28H34ClN4O5P. The summed E-state index contributed by atoms with van der Waals surface area (Å²) < 4.78 is 35.9. The van der Waals surface area contributed by atoms with Crippen LogP contribution in [0.1, 0.15) is 24.8 Å². The molecule has 1 saturated heterocycles. The second-order valence-electron chi connectivity index (χ2n) is 9.75. The van der Waals surface area contributed by atoms with Crippen LogP contribution in [0.4, 0.5) is 5.82 Å². The number of rotatable bonds is 10. The molecule has 1 aliphatic heterocycles. The number of halogens is 1. The van der Waals surface area contributed by atoms with E-state index < -0.39 is 7.60 Å². The second kappa shape index (κ2) is 11.7. The highest BCUT2D eigenvalue weighted by Crippen LogP contribution is 2.48. The predicted octanol–water partition coefficient (Wildman–Crippen LogP) is 6.40. The first-order chi connectivity index (χ1) is 18.9. The Morgan fingerprint density at radius 3 is 2.26 bits per heavy atom. The van der Waals surface area contributed by atoms with Crippen molar-refractivity contribution < 1.29 is 23.1 Å². The van der Waals surface area contributed by atoms with E-state index in [1.807, 2.05) is 30.3 Å². The molecule has 2 aromatic heterocycles. The molecule has 0 unspecified atom stereocenters. The maximum absolute atomic E-state index is 12.5.